The average molecular weight is 273 g/mol. The van der Waals surface area contributed by atoms with Crippen LogP contribution >= 0.6 is 11.6 Å². The molecule has 1 aromatic carbocycles. The number of ether oxygens (including phenoxy) is 1. The monoisotopic (exact) mass is 272 g/mol. The predicted molar refractivity (Wildman–Crippen MR) is 78.1 cm³/mol. The molecule has 2 nitrogen and oxygen atoms in total. The Morgan fingerprint density at radius 2 is 1.84 bits per heavy atom. The summed E-state index contributed by atoms with van der Waals surface area (Å²) >= 11 is 5.91. The molecule has 19 heavy (non-hydrogen) atoms. The van der Waals surface area contributed by atoms with E-state index in [0.717, 1.165) is 11.1 Å². The van der Waals surface area contributed by atoms with E-state index in [1.54, 1.807) is 0 Å². The molecule has 0 bridgehead atoms. The second-order valence-electron chi connectivity index (χ2n) is 3.97. The Kier molecular flexibility index (Phi) is 4.03. The third-order valence-corrected chi connectivity index (χ3v) is 3.01. The number of benzene rings is 2. The highest BCUT2D eigenvalue weighted by Crippen LogP contribution is 2.50. The van der Waals surface area contributed by atoms with E-state index in [9.17, 15) is 4.79 Å². The van der Waals surface area contributed by atoms with Crippen LogP contribution in [0.2, 0.25) is 5.02 Å². The summed E-state index contributed by atoms with van der Waals surface area (Å²) in [6.45, 7) is 3.16. The second-order valence-corrected chi connectivity index (χ2v) is 4.40. The molecule has 0 unspecified atom stereocenters. The molecule has 2 aliphatic carbocycles. The predicted octanol–water partition coefficient (Wildman–Crippen LogP) is 4.33. The van der Waals surface area contributed by atoms with E-state index < -0.39 is 5.97 Å². The number of fused-ring (bicyclic) bond motifs is 1. The number of carbonyl (C=O) groups is 1. The van der Waals surface area contributed by atoms with E-state index in [0.29, 0.717) is 0 Å². The van der Waals surface area contributed by atoms with Crippen LogP contribution in [-0.4, -0.2) is 13.1 Å². The summed E-state index contributed by atoms with van der Waals surface area (Å²) in [6, 6.07) is 14.4. The maximum atomic E-state index is 9.84. The van der Waals surface area contributed by atoms with Gasteiger partial charge in [0.15, 0.2) is 0 Å². The lowest BCUT2D eigenvalue weighted by Crippen LogP contribution is -1.91. The normalized spacial score (nSPS) is 10.0. The number of esters is 1. The molecule has 0 N–H and O–H groups in total. The van der Waals surface area contributed by atoms with Gasteiger partial charge in [-0.05, 0) is 34.4 Å². The number of carbonyl (C=O) groups excluding carboxylic acids is 1. The van der Waals surface area contributed by atoms with Gasteiger partial charge in [-0.25, -0.2) is 4.79 Å². The van der Waals surface area contributed by atoms with Gasteiger partial charge in [0.1, 0.15) is 0 Å². The van der Waals surface area contributed by atoms with Crippen LogP contribution in [0.15, 0.2) is 55.1 Å². The molecule has 0 atom stereocenters. The molecule has 1 aromatic rings. The van der Waals surface area contributed by atoms with Gasteiger partial charge in [0.2, 0.25) is 0 Å². The highest BCUT2D eigenvalue weighted by Gasteiger charge is 2.24. The largest absolute Gasteiger partial charge is 0.466 e. The van der Waals surface area contributed by atoms with Crippen molar-refractivity contribution in [2.45, 2.75) is 0 Å². The SMILES string of the molecule is C=CC(=O)OC.Clc1cccc(-c2c3cccc2-3)c1. The van der Waals surface area contributed by atoms with Gasteiger partial charge >= 0.3 is 5.97 Å². The fourth-order valence-electron chi connectivity index (χ4n) is 1.84. The van der Waals surface area contributed by atoms with Crippen molar-refractivity contribution < 1.29 is 9.53 Å². The van der Waals surface area contributed by atoms with Crippen LogP contribution in [0.25, 0.3) is 22.3 Å². The molecule has 96 valence electrons. The fourth-order valence-corrected chi connectivity index (χ4v) is 2.03. The van der Waals surface area contributed by atoms with Gasteiger partial charge in [-0.3, -0.25) is 0 Å². The van der Waals surface area contributed by atoms with Crippen LogP contribution in [0.5, 0.6) is 0 Å². The lowest BCUT2D eigenvalue weighted by Gasteiger charge is -1.92. The van der Waals surface area contributed by atoms with Gasteiger partial charge in [-0.15, -0.1) is 0 Å². The topological polar surface area (TPSA) is 26.3 Å². The minimum absolute atomic E-state index is 0.394. The van der Waals surface area contributed by atoms with E-state index in [-0.39, 0.29) is 0 Å². The standard InChI is InChI=1S/C12H7Cl.C4H6O2/c13-9-4-1-3-8(7-9)12-10-5-2-6-11(10)12;1-3-4(5)6-2/h1-7H;3H,1H2,2H3. The van der Waals surface area contributed by atoms with E-state index >= 15 is 0 Å². The molecule has 0 amide bonds. The minimum atomic E-state index is -0.394. The molecule has 0 radical (unpaired) electrons. The van der Waals surface area contributed by atoms with Crippen LogP contribution in [0.1, 0.15) is 0 Å². The van der Waals surface area contributed by atoms with Gasteiger partial charge in [-0.1, -0.05) is 48.5 Å². The van der Waals surface area contributed by atoms with Crippen LogP contribution < -0.4 is 0 Å². The maximum absolute atomic E-state index is 9.84. The molecule has 0 aliphatic heterocycles. The molecule has 3 rings (SSSR count). The lowest BCUT2D eigenvalue weighted by atomic mass is 10.2. The van der Waals surface area contributed by atoms with Crippen molar-refractivity contribution in [3.05, 3.63) is 60.1 Å². The van der Waals surface area contributed by atoms with E-state index in [1.807, 2.05) is 18.2 Å². The van der Waals surface area contributed by atoms with Crippen molar-refractivity contribution in [2.24, 2.45) is 0 Å². The fraction of sp³-hybridized carbons (Fsp3) is 0.0625. The molecule has 0 fully saturated rings. The highest BCUT2D eigenvalue weighted by atomic mass is 35.5. The van der Waals surface area contributed by atoms with Gasteiger partial charge in [0, 0.05) is 11.1 Å². The van der Waals surface area contributed by atoms with Crippen molar-refractivity contribution in [1.82, 2.24) is 0 Å². The smallest absolute Gasteiger partial charge is 0.329 e. The van der Waals surface area contributed by atoms with Gasteiger partial charge < -0.3 is 4.74 Å². The number of methoxy groups -OCH3 is 1. The summed E-state index contributed by atoms with van der Waals surface area (Å²) < 4.78 is 4.14. The maximum Gasteiger partial charge on any atom is 0.329 e. The lowest BCUT2D eigenvalue weighted by molar-refractivity contribution is -0.134. The van der Waals surface area contributed by atoms with Crippen molar-refractivity contribution in [3.63, 3.8) is 0 Å². The van der Waals surface area contributed by atoms with Gasteiger partial charge in [-0.2, -0.15) is 0 Å². The Bertz CT molecular complexity index is 612. The third kappa shape index (κ3) is 3.04. The Morgan fingerprint density at radius 1 is 1.21 bits per heavy atom. The van der Waals surface area contributed by atoms with Crippen LogP contribution in [0, 0.1) is 0 Å². The second kappa shape index (κ2) is 5.72. The summed E-state index contributed by atoms with van der Waals surface area (Å²) in [7, 11) is 1.31. The van der Waals surface area contributed by atoms with Crippen molar-refractivity contribution in [1.29, 1.82) is 0 Å². The molecule has 0 saturated carbocycles. The van der Waals surface area contributed by atoms with Crippen molar-refractivity contribution in [3.8, 4) is 22.3 Å². The number of hydrogen-bond donors (Lipinski definition) is 0. The number of rotatable bonds is 2. The molecule has 0 saturated heterocycles. The third-order valence-electron chi connectivity index (χ3n) is 2.77. The van der Waals surface area contributed by atoms with Gasteiger partial charge in [0.25, 0.3) is 0 Å². The minimum Gasteiger partial charge on any atom is -0.466 e. The summed E-state index contributed by atoms with van der Waals surface area (Å²) in [5, 5.41) is 0.806. The van der Waals surface area contributed by atoms with E-state index in [1.165, 1.54) is 29.4 Å². The molecule has 2 aliphatic rings. The average Bonchev–Trinajstić information content (AvgIpc) is 2.92. The Hall–Kier alpha value is -2.06. The molecule has 0 spiro atoms. The Morgan fingerprint density at radius 3 is 2.32 bits per heavy atom. The Labute approximate surface area is 117 Å². The zero-order chi connectivity index (χ0) is 13.8. The summed E-state index contributed by atoms with van der Waals surface area (Å²) in [5.74, 6) is -0.394. The molecular weight excluding hydrogens is 260 g/mol. The molecular formula is C16H13ClO2. The van der Waals surface area contributed by atoms with Crippen molar-refractivity contribution in [2.75, 3.05) is 7.11 Å². The zero-order valence-corrected chi connectivity index (χ0v) is 11.3. The van der Waals surface area contributed by atoms with Crippen LogP contribution in [0.4, 0.5) is 0 Å². The zero-order valence-electron chi connectivity index (χ0n) is 10.5. The first-order valence-electron chi connectivity index (χ1n) is 5.77. The van der Waals surface area contributed by atoms with Crippen LogP contribution in [0.3, 0.4) is 0 Å². The number of hydrogen-bond acceptors (Lipinski definition) is 2. The quantitative estimate of drug-likeness (QED) is 0.513. The van der Waals surface area contributed by atoms with E-state index in [4.69, 9.17) is 11.6 Å². The van der Waals surface area contributed by atoms with Gasteiger partial charge in [0.05, 0.1) is 7.11 Å². The van der Waals surface area contributed by atoms with Crippen molar-refractivity contribution >= 4 is 17.6 Å². The number of halogens is 1. The van der Waals surface area contributed by atoms with E-state index in [2.05, 4.69) is 35.6 Å². The molecule has 0 aromatic heterocycles. The summed E-state index contributed by atoms with van der Waals surface area (Å²) in [4.78, 5) is 9.84. The summed E-state index contributed by atoms with van der Waals surface area (Å²) in [6.07, 6.45) is 1.11. The molecule has 0 heterocycles. The van der Waals surface area contributed by atoms with Crippen LogP contribution in [-0.2, 0) is 9.53 Å². The molecule has 3 heteroatoms. The summed E-state index contributed by atoms with van der Waals surface area (Å²) in [5.41, 5.74) is 5.35. The first-order valence-corrected chi connectivity index (χ1v) is 6.15. The first kappa shape index (κ1) is 13.4. The first-order chi connectivity index (χ1) is 9.17. The Balaban J connectivity index is 0.000000192. The highest BCUT2D eigenvalue weighted by molar-refractivity contribution is 6.31.